The van der Waals surface area contributed by atoms with Crippen LogP contribution in [0.2, 0.25) is 0 Å². The summed E-state index contributed by atoms with van der Waals surface area (Å²) < 4.78 is 4.08. The van der Waals surface area contributed by atoms with Crippen molar-refractivity contribution < 1.29 is 29.0 Å². The van der Waals surface area contributed by atoms with Crippen LogP contribution in [0.5, 0.6) is 0 Å². The average molecular weight is 475 g/mol. The van der Waals surface area contributed by atoms with Crippen molar-refractivity contribution in [1.29, 1.82) is 0 Å². The minimum atomic E-state index is -0.954. The summed E-state index contributed by atoms with van der Waals surface area (Å²) in [7, 11) is 0. The highest BCUT2D eigenvalue weighted by Gasteiger charge is 2.19. The molecule has 0 bridgehead atoms. The number of esters is 2. The quantitative estimate of drug-likeness (QED) is 0.421. The summed E-state index contributed by atoms with van der Waals surface area (Å²) in [5, 5.41) is 11.0. The van der Waals surface area contributed by atoms with Crippen LogP contribution in [0.15, 0.2) is 60.7 Å². The van der Waals surface area contributed by atoms with E-state index in [1.54, 1.807) is 0 Å². The molecule has 0 spiro atoms. The second-order valence-corrected chi connectivity index (χ2v) is 6.19. The van der Waals surface area contributed by atoms with Crippen LogP contribution in [0.3, 0.4) is 0 Å². The lowest BCUT2D eigenvalue weighted by atomic mass is 10.2. The topological polar surface area (TPSA) is 136 Å². The third-order valence-electron chi connectivity index (χ3n) is 3.74. The summed E-state index contributed by atoms with van der Waals surface area (Å²) in [6.45, 7) is 9.08. The van der Waals surface area contributed by atoms with Gasteiger partial charge in [-0.25, -0.2) is 0 Å². The number of carbonyl (C=O) groups excluding carboxylic acids is 3. The first-order valence-corrected chi connectivity index (χ1v) is 11.4. The Morgan fingerprint density at radius 3 is 1.59 bits per heavy atom. The molecule has 0 radical (unpaired) electrons. The maximum atomic E-state index is 11.1. The van der Waals surface area contributed by atoms with Gasteiger partial charge in [-0.05, 0) is 11.1 Å². The van der Waals surface area contributed by atoms with E-state index < -0.39 is 17.9 Å². The lowest BCUT2D eigenvalue weighted by molar-refractivity contribution is -0.152. The molecule has 0 aliphatic carbocycles. The number of ether oxygens (including phenoxy) is 1. The van der Waals surface area contributed by atoms with Gasteiger partial charge in [0.1, 0.15) is 0 Å². The first-order valence-electron chi connectivity index (χ1n) is 11.4. The molecule has 1 fully saturated rings. The van der Waals surface area contributed by atoms with Gasteiger partial charge in [-0.2, -0.15) is 0 Å². The van der Waals surface area contributed by atoms with Crippen molar-refractivity contribution in [2.75, 3.05) is 0 Å². The average Bonchev–Trinajstić information content (AvgIpc) is 3.28. The van der Waals surface area contributed by atoms with Crippen LogP contribution in [0.4, 0.5) is 0 Å². The maximum Gasteiger partial charge on any atom is 0.314 e. The van der Waals surface area contributed by atoms with E-state index in [1.165, 1.54) is 5.56 Å². The number of carboxylic acids is 1. The highest BCUT2D eigenvalue weighted by atomic mass is 16.6. The minimum Gasteiger partial charge on any atom is -0.481 e. The molecule has 8 heteroatoms. The van der Waals surface area contributed by atoms with Gasteiger partial charge in [-0.3, -0.25) is 19.2 Å². The van der Waals surface area contributed by atoms with Crippen molar-refractivity contribution in [1.82, 2.24) is 5.32 Å². The molecule has 4 N–H and O–H groups in total. The van der Waals surface area contributed by atoms with Crippen LogP contribution in [0, 0.1) is 0 Å². The van der Waals surface area contributed by atoms with E-state index >= 15 is 0 Å². The fraction of sp³-hybridized carbons (Fsp3) is 0.385. The molecule has 0 aromatic heterocycles. The van der Waals surface area contributed by atoms with Crippen molar-refractivity contribution in [2.24, 2.45) is 5.73 Å². The number of carboxylic acid groups (broad SMARTS) is 1. The lowest BCUT2D eigenvalue weighted by Gasteiger charge is -2.03. The smallest absolute Gasteiger partial charge is 0.314 e. The summed E-state index contributed by atoms with van der Waals surface area (Å²) in [4.78, 5) is 41.4. The predicted octanol–water partition coefficient (Wildman–Crippen LogP) is 4.22. The molecule has 1 aliphatic rings. The Kier molecular flexibility index (Phi) is 21.8. The molecule has 8 nitrogen and oxygen atoms in total. The molecule has 3 rings (SSSR count). The lowest BCUT2D eigenvalue weighted by Crippen LogP contribution is -2.23. The number of benzene rings is 2. The Balaban J connectivity index is 0. The Labute approximate surface area is 202 Å². The van der Waals surface area contributed by atoms with Crippen LogP contribution < -0.4 is 11.1 Å². The standard InChI is InChI=1S/C11H13NO3.C7H9N.C4H4O3.2C2H6/c13-10(6-7-11(14)15)12-8-9-4-2-1-3-5-9;8-6-7-4-2-1-3-5-7;5-3-1-2-4(6)7-3;2*1-2/h1-5H,6-8H2,(H,12,13)(H,14,15);1-5H,6,8H2;1-2H2;2*1-2H3. The second kappa shape index (κ2) is 22.7. The van der Waals surface area contributed by atoms with Gasteiger partial charge in [-0.1, -0.05) is 88.4 Å². The Morgan fingerprint density at radius 1 is 0.824 bits per heavy atom. The zero-order chi connectivity index (χ0) is 26.2. The van der Waals surface area contributed by atoms with Gasteiger partial charge in [-0.15, -0.1) is 0 Å². The molecule has 1 aliphatic heterocycles. The molecule has 2 aromatic carbocycles. The number of rotatable bonds is 6. The molecule has 0 saturated carbocycles. The number of amides is 1. The van der Waals surface area contributed by atoms with Gasteiger partial charge < -0.3 is 20.9 Å². The number of nitrogens with two attached hydrogens (primary N) is 1. The number of nitrogens with one attached hydrogen (secondary N) is 1. The Morgan fingerprint density at radius 2 is 1.26 bits per heavy atom. The molecule has 0 unspecified atom stereocenters. The zero-order valence-corrected chi connectivity index (χ0v) is 20.6. The third kappa shape index (κ3) is 19.2. The monoisotopic (exact) mass is 474 g/mol. The number of carbonyl (C=O) groups is 4. The van der Waals surface area contributed by atoms with Crippen LogP contribution in [-0.2, 0) is 37.0 Å². The SMILES string of the molecule is CC.CC.NCc1ccccc1.O=C(O)CCC(=O)NCc1ccccc1.O=C1CCC(=O)O1. The van der Waals surface area contributed by atoms with Crippen molar-refractivity contribution in [3.8, 4) is 0 Å². The Hall–Kier alpha value is -3.52. The van der Waals surface area contributed by atoms with Gasteiger partial charge >= 0.3 is 17.9 Å². The van der Waals surface area contributed by atoms with Crippen LogP contribution in [-0.4, -0.2) is 28.9 Å². The summed E-state index contributed by atoms with van der Waals surface area (Å²) in [5.74, 6) is -1.99. The molecular formula is C26H38N2O6. The van der Waals surface area contributed by atoms with Gasteiger partial charge in [0, 0.05) is 19.5 Å². The van der Waals surface area contributed by atoms with Gasteiger partial charge in [0.2, 0.25) is 5.91 Å². The van der Waals surface area contributed by atoms with Gasteiger partial charge in [0.25, 0.3) is 0 Å². The van der Waals surface area contributed by atoms with Crippen molar-refractivity contribution in [3.63, 3.8) is 0 Å². The minimum absolute atomic E-state index is 0.0299. The predicted molar refractivity (Wildman–Crippen MR) is 133 cm³/mol. The highest BCUT2D eigenvalue weighted by Crippen LogP contribution is 2.04. The Bertz CT molecular complexity index is 797. The maximum absolute atomic E-state index is 11.1. The van der Waals surface area contributed by atoms with Crippen LogP contribution in [0.1, 0.15) is 64.5 Å². The van der Waals surface area contributed by atoms with Gasteiger partial charge in [0.15, 0.2) is 0 Å². The molecule has 1 saturated heterocycles. The largest absolute Gasteiger partial charge is 0.481 e. The summed E-state index contributed by atoms with van der Waals surface area (Å²) >= 11 is 0. The van der Waals surface area contributed by atoms with E-state index in [0.29, 0.717) is 13.1 Å². The fourth-order valence-electron chi connectivity index (χ4n) is 2.15. The van der Waals surface area contributed by atoms with Crippen molar-refractivity contribution in [3.05, 3.63) is 71.8 Å². The summed E-state index contributed by atoms with van der Waals surface area (Å²) in [5.41, 5.74) is 7.54. The highest BCUT2D eigenvalue weighted by molar-refractivity contribution is 5.92. The van der Waals surface area contributed by atoms with Crippen molar-refractivity contribution >= 4 is 23.8 Å². The molecule has 1 heterocycles. The number of cyclic esters (lactones) is 2. The third-order valence-corrected chi connectivity index (χ3v) is 3.74. The molecule has 188 valence electrons. The van der Waals surface area contributed by atoms with Crippen molar-refractivity contribution in [2.45, 2.75) is 66.5 Å². The van der Waals surface area contributed by atoms with Crippen LogP contribution >= 0.6 is 0 Å². The van der Waals surface area contributed by atoms with E-state index in [9.17, 15) is 19.2 Å². The fourth-order valence-corrected chi connectivity index (χ4v) is 2.15. The first kappa shape index (κ1) is 32.7. The molecule has 1 amide bonds. The van der Waals surface area contributed by atoms with Gasteiger partial charge in [0.05, 0.1) is 19.3 Å². The van der Waals surface area contributed by atoms with E-state index in [2.05, 4.69) is 10.1 Å². The first-order chi connectivity index (χ1) is 16.4. The zero-order valence-electron chi connectivity index (χ0n) is 20.6. The summed E-state index contributed by atoms with van der Waals surface area (Å²) in [6.07, 6.45) is 0.431. The molecule has 0 atom stereocenters. The van der Waals surface area contributed by atoms with E-state index in [1.807, 2.05) is 88.4 Å². The van der Waals surface area contributed by atoms with E-state index in [4.69, 9.17) is 10.8 Å². The normalized spacial score (nSPS) is 10.9. The van der Waals surface area contributed by atoms with E-state index in [0.717, 1.165) is 5.56 Å². The number of aliphatic carboxylic acids is 1. The second-order valence-electron chi connectivity index (χ2n) is 6.19. The summed E-state index contributed by atoms with van der Waals surface area (Å²) in [6, 6.07) is 19.5. The molecule has 2 aromatic rings. The molecule has 34 heavy (non-hydrogen) atoms. The van der Waals surface area contributed by atoms with Crippen LogP contribution in [0.25, 0.3) is 0 Å². The van der Waals surface area contributed by atoms with E-state index in [-0.39, 0.29) is 31.6 Å². The molecular weight excluding hydrogens is 436 g/mol. The number of hydrogen-bond acceptors (Lipinski definition) is 6. The number of hydrogen-bond donors (Lipinski definition) is 3.